The Hall–Kier alpha value is -1.44. The molecule has 2 heterocycles. The van der Waals surface area contributed by atoms with Crippen LogP contribution in [0.3, 0.4) is 0 Å². The van der Waals surface area contributed by atoms with Crippen LogP contribution >= 0.6 is 22.6 Å². The van der Waals surface area contributed by atoms with Crippen molar-refractivity contribution < 1.29 is 0 Å². The zero-order chi connectivity index (χ0) is 12.5. The van der Waals surface area contributed by atoms with Crippen LogP contribution in [0.4, 0.5) is 0 Å². The van der Waals surface area contributed by atoms with Crippen LogP contribution in [0.1, 0.15) is 12.7 Å². The van der Waals surface area contributed by atoms with Gasteiger partial charge in [0, 0.05) is 15.5 Å². The van der Waals surface area contributed by atoms with Gasteiger partial charge in [0.2, 0.25) is 0 Å². The van der Waals surface area contributed by atoms with Crippen molar-refractivity contribution in [3.05, 3.63) is 40.1 Å². The number of halogens is 1. The highest BCUT2D eigenvalue weighted by molar-refractivity contribution is 14.1. The van der Waals surface area contributed by atoms with Crippen molar-refractivity contribution in [2.75, 3.05) is 0 Å². The number of rotatable bonds is 3. The molecule has 0 aliphatic heterocycles. The van der Waals surface area contributed by atoms with E-state index in [1.54, 1.807) is 6.33 Å². The number of benzene rings is 1. The highest BCUT2D eigenvalue weighted by Crippen LogP contribution is 2.17. The van der Waals surface area contributed by atoms with Crippen LogP contribution in [0.2, 0.25) is 0 Å². The first kappa shape index (κ1) is 11.6. The Morgan fingerprint density at radius 2 is 2.11 bits per heavy atom. The average molecular weight is 353 g/mol. The van der Waals surface area contributed by atoms with Crippen molar-refractivity contribution in [1.29, 1.82) is 0 Å². The third kappa shape index (κ3) is 2.00. The summed E-state index contributed by atoms with van der Waals surface area (Å²) in [4.78, 5) is 4.28. The Kier molecular flexibility index (Phi) is 3.02. The zero-order valence-electron chi connectivity index (χ0n) is 9.91. The summed E-state index contributed by atoms with van der Waals surface area (Å²) in [5.74, 6) is 0.932. The molecule has 5 nitrogen and oxygen atoms in total. The topological polar surface area (TPSA) is 48.5 Å². The second kappa shape index (κ2) is 4.68. The predicted molar refractivity (Wildman–Crippen MR) is 77.2 cm³/mol. The van der Waals surface area contributed by atoms with Crippen molar-refractivity contribution in [3.63, 3.8) is 0 Å². The molecule has 2 aromatic heterocycles. The zero-order valence-corrected chi connectivity index (χ0v) is 12.1. The smallest absolute Gasteiger partial charge is 0.148 e. The van der Waals surface area contributed by atoms with Crippen molar-refractivity contribution in [1.82, 2.24) is 24.5 Å². The lowest BCUT2D eigenvalue weighted by molar-refractivity contribution is 0.576. The lowest BCUT2D eigenvalue weighted by Gasteiger charge is -2.04. The van der Waals surface area contributed by atoms with E-state index in [9.17, 15) is 0 Å². The maximum Gasteiger partial charge on any atom is 0.148 e. The van der Waals surface area contributed by atoms with Crippen LogP contribution in [0.15, 0.2) is 30.7 Å². The molecule has 0 bridgehead atoms. The van der Waals surface area contributed by atoms with Gasteiger partial charge in [0.15, 0.2) is 0 Å². The first-order chi connectivity index (χ1) is 8.78. The molecule has 0 amide bonds. The number of nitrogens with zero attached hydrogens (tertiary/aromatic N) is 5. The summed E-state index contributed by atoms with van der Waals surface area (Å²) < 4.78 is 5.06. The Morgan fingerprint density at radius 1 is 1.22 bits per heavy atom. The second-order valence-corrected chi connectivity index (χ2v) is 5.24. The van der Waals surface area contributed by atoms with Crippen LogP contribution in [0.5, 0.6) is 0 Å². The predicted octanol–water partition coefficient (Wildman–Crippen LogP) is 2.30. The minimum absolute atomic E-state index is 0.650. The summed E-state index contributed by atoms with van der Waals surface area (Å²) in [6.07, 6.45) is 3.48. The second-order valence-electron chi connectivity index (χ2n) is 4.00. The molecule has 0 aliphatic rings. The van der Waals surface area contributed by atoms with Gasteiger partial charge in [0.05, 0.1) is 11.7 Å². The Morgan fingerprint density at radius 3 is 2.94 bits per heavy atom. The van der Waals surface area contributed by atoms with Gasteiger partial charge in [-0.05, 0) is 41.6 Å². The molecule has 0 N–H and O–H groups in total. The summed E-state index contributed by atoms with van der Waals surface area (Å²) in [5.41, 5.74) is 1.13. The molecule has 0 radical (unpaired) electrons. The number of hydrogen-bond acceptors (Lipinski definition) is 3. The van der Waals surface area contributed by atoms with E-state index in [0.29, 0.717) is 6.54 Å². The Bertz CT molecular complexity index is 685. The fraction of sp³-hybridized carbons (Fsp3) is 0.250. The van der Waals surface area contributed by atoms with Crippen LogP contribution in [0, 0.1) is 3.57 Å². The first-order valence-corrected chi connectivity index (χ1v) is 6.83. The van der Waals surface area contributed by atoms with E-state index in [0.717, 1.165) is 23.3 Å². The van der Waals surface area contributed by atoms with Crippen LogP contribution in [-0.2, 0) is 13.1 Å². The van der Waals surface area contributed by atoms with E-state index >= 15 is 0 Å². The van der Waals surface area contributed by atoms with E-state index in [1.165, 1.54) is 3.57 Å². The monoisotopic (exact) mass is 353 g/mol. The van der Waals surface area contributed by atoms with Crippen molar-refractivity contribution in [2.45, 2.75) is 20.0 Å². The largest absolute Gasteiger partial charge is 0.257 e. The molecule has 18 heavy (non-hydrogen) atoms. The summed E-state index contributed by atoms with van der Waals surface area (Å²) >= 11 is 2.31. The van der Waals surface area contributed by atoms with E-state index < -0.39 is 0 Å². The lowest BCUT2D eigenvalue weighted by atomic mass is 10.2. The molecule has 3 rings (SSSR count). The third-order valence-corrected chi connectivity index (χ3v) is 3.56. The SMILES string of the molecule is CCn1ncnc1Cn1ncc2ccc(I)cc21. The maximum atomic E-state index is 4.42. The fourth-order valence-electron chi connectivity index (χ4n) is 1.98. The van der Waals surface area contributed by atoms with E-state index in [1.807, 2.05) is 15.6 Å². The Labute approximate surface area is 118 Å². The van der Waals surface area contributed by atoms with Gasteiger partial charge in [-0.2, -0.15) is 10.2 Å². The standard InChI is InChI=1S/C12H12IN5/c1-2-17-12(14-8-16-17)7-18-11-5-10(13)4-3-9(11)6-15-18/h3-6,8H,2,7H2,1H3. The normalized spacial score (nSPS) is 11.2. The molecular weight excluding hydrogens is 341 g/mol. The molecular formula is C12H12IN5. The number of hydrogen-bond donors (Lipinski definition) is 0. The molecule has 0 saturated heterocycles. The van der Waals surface area contributed by atoms with E-state index in [-0.39, 0.29) is 0 Å². The van der Waals surface area contributed by atoms with Gasteiger partial charge >= 0.3 is 0 Å². The lowest BCUT2D eigenvalue weighted by Crippen LogP contribution is -2.10. The first-order valence-electron chi connectivity index (χ1n) is 5.75. The number of aromatic nitrogens is 5. The van der Waals surface area contributed by atoms with Gasteiger partial charge in [-0.15, -0.1) is 0 Å². The van der Waals surface area contributed by atoms with Crippen molar-refractivity contribution in [2.24, 2.45) is 0 Å². The summed E-state index contributed by atoms with van der Waals surface area (Å²) in [6, 6.07) is 6.31. The number of fused-ring (bicyclic) bond motifs is 1. The van der Waals surface area contributed by atoms with Gasteiger partial charge < -0.3 is 0 Å². The van der Waals surface area contributed by atoms with Gasteiger partial charge in [-0.1, -0.05) is 6.07 Å². The third-order valence-electron chi connectivity index (χ3n) is 2.89. The fourth-order valence-corrected chi connectivity index (χ4v) is 2.45. The number of aryl methyl sites for hydroxylation is 1. The molecule has 0 atom stereocenters. The molecule has 0 fully saturated rings. The van der Waals surface area contributed by atoms with E-state index in [2.05, 4.69) is 62.9 Å². The maximum absolute atomic E-state index is 4.42. The van der Waals surface area contributed by atoms with Gasteiger partial charge in [-0.3, -0.25) is 4.68 Å². The molecule has 1 aromatic carbocycles. The van der Waals surface area contributed by atoms with Crippen molar-refractivity contribution in [3.8, 4) is 0 Å². The highest BCUT2D eigenvalue weighted by Gasteiger charge is 2.08. The average Bonchev–Trinajstić information content (AvgIpc) is 2.97. The molecule has 3 aromatic rings. The van der Waals surface area contributed by atoms with Crippen LogP contribution in [-0.4, -0.2) is 24.5 Å². The summed E-state index contributed by atoms with van der Waals surface area (Å²) in [7, 11) is 0. The van der Waals surface area contributed by atoms with Crippen LogP contribution in [0.25, 0.3) is 10.9 Å². The molecule has 0 spiro atoms. The molecule has 92 valence electrons. The molecule has 0 aliphatic carbocycles. The highest BCUT2D eigenvalue weighted by atomic mass is 127. The van der Waals surface area contributed by atoms with Gasteiger partial charge in [0.1, 0.15) is 18.7 Å². The summed E-state index contributed by atoms with van der Waals surface area (Å²) in [5, 5.41) is 9.75. The van der Waals surface area contributed by atoms with Gasteiger partial charge in [-0.25, -0.2) is 9.67 Å². The minimum Gasteiger partial charge on any atom is -0.257 e. The summed E-state index contributed by atoms with van der Waals surface area (Å²) in [6.45, 7) is 3.53. The molecule has 6 heteroatoms. The Balaban J connectivity index is 2.02. The molecule has 0 saturated carbocycles. The molecule has 0 unspecified atom stereocenters. The quantitative estimate of drug-likeness (QED) is 0.679. The van der Waals surface area contributed by atoms with Crippen molar-refractivity contribution >= 4 is 33.5 Å². The van der Waals surface area contributed by atoms with Crippen LogP contribution < -0.4 is 0 Å². The van der Waals surface area contributed by atoms with E-state index in [4.69, 9.17) is 0 Å². The van der Waals surface area contributed by atoms with Gasteiger partial charge in [0.25, 0.3) is 0 Å². The minimum atomic E-state index is 0.650.